The summed E-state index contributed by atoms with van der Waals surface area (Å²) in [6.45, 7) is 2.95. The van der Waals surface area contributed by atoms with Crippen molar-refractivity contribution in [2.24, 2.45) is 0 Å². The van der Waals surface area contributed by atoms with E-state index in [1.54, 1.807) is 6.07 Å². The number of rotatable bonds is 4. The molecule has 0 saturated heterocycles. The summed E-state index contributed by atoms with van der Waals surface area (Å²) in [5.41, 5.74) is 1.50. The Morgan fingerprint density at radius 3 is 2.77 bits per heavy atom. The monoisotopic (exact) mass is 195 g/mol. The lowest BCUT2D eigenvalue weighted by Gasteiger charge is -2.07. The average Bonchev–Trinajstić information content (AvgIpc) is 2.15. The van der Waals surface area contributed by atoms with Gasteiger partial charge in [0.15, 0.2) is 0 Å². The molecule has 2 nitrogen and oxygen atoms in total. The summed E-state index contributed by atoms with van der Waals surface area (Å²) in [5, 5.41) is 2.98. The molecule has 1 rings (SSSR count). The molecule has 0 aliphatic heterocycles. The number of hydrogen-bond donors (Lipinski definition) is 2. The Morgan fingerprint density at radius 1 is 1.46 bits per heavy atom. The molecule has 0 aliphatic carbocycles. The molecule has 0 heterocycles. The SMILES string of the molecule is CCCNc1ccccc1C(=O)S. The Bertz CT molecular complexity index is 299. The molecule has 0 saturated carbocycles. The van der Waals surface area contributed by atoms with E-state index < -0.39 is 0 Å². The molecule has 1 aromatic carbocycles. The van der Waals surface area contributed by atoms with Gasteiger partial charge in [0.25, 0.3) is 0 Å². The standard InChI is InChI=1S/C10H13NOS/c1-2-7-11-9-6-4-3-5-8(9)10(12)13/h3-6,11H,2,7H2,1H3,(H,12,13). The summed E-state index contributed by atoms with van der Waals surface area (Å²) in [5.74, 6) is 0. The third-order valence-corrected chi connectivity index (χ3v) is 1.96. The molecule has 70 valence electrons. The smallest absolute Gasteiger partial charge is 0.218 e. The molecule has 13 heavy (non-hydrogen) atoms. The zero-order valence-electron chi connectivity index (χ0n) is 7.58. The van der Waals surface area contributed by atoms with Crippen molar-refractivity contribution in [1.82, 2.24) is 0 Å². The van der Waals surface area contributed by atoms with E-state index in [1.807, 2.05) is 18.2 Å². The highest BCUT2D eigenvalue weighted by molar-refractivity contribution is 7.97. The van der Waals surface area contributed by atoms with E-state index in [9.17, 15) is 4.79 Å². The molecular weight excluding hydrogens is 182 g/mol. The maximum Gasteiger partial charge on any atom is 0.218 e. The van der Waals surface area contributed by atoms with Crippen molar-refractivity contribution in [1.29, 1.82) is 0 Å². The van der Waals surface area contributed by atoms with Crippen molar-refractivity contribution in [3.63, 3.8) is 0 Å². The number of hydrogen-bond acceptors (Lipinski definition) is 2. The Labute approximate surface area is 83.8 Å². The predicted molar refractivity (Wildman–Crippen MR) is 58.5 cm³/mol. The van der Waals surface area contributed by atoms with Crippen LogP contribution in [0.5, 0.6) is 0 Å². The number of anilines is 1. The molecule has 0 amide bonds. The maximum absolute atomic E-state index is 11.1. The van der Waals surface area contributed by atoms with Crippen molar-refractivity contribution in [3.8, 4) is 0 Å². The molecule has 0 unspecified atom stereocenters. The van der Waals surface area contributed by atoms with Crippen LogP contribution in [0.25, 0.3) is 0 Å². The van der Waals surface area contributed by atoms with Crippen molar-refractivity contribution in [2.45, 2.75) is 13.3 Å². The normalized spacial score (nSPS) is 9.69. The van der Waals surface area contributed by atoms with Gasteiger partial charge in [-0.05, 0) is 18.6 Å². The second-order valence-corrected chi connectivity index (χ2v) is 3.18. The lowest BCUT2D eigenvalue weighted by molar-refractivity contribution is 0.109. The Kier molecular flexibility index (Phi) is 3.83. The van der Waals surface area contributed by atoms with Gasteiger partial charge in [-0.1, -0.05) is 19.1 Å². The molecule has 0 atom stereocenters. The van der Waals surface area contributed by atoms with Crippen LogP contribution in [-0.4, -0.2) is 11.7 Å². The van der Waals surface area contributed by atoms with Crippen LogP contribution >= 0.6 is 12.6 Å². The summed E-state index contributed by atoms with van der Waals surface area (Å²) in [4.78, 5) is 11.1. The Morgan fingerprint density at radius 2 is 2.15 bits per heavy atom. The molecule has 0 aromatic heterocycles. The molecule has 1 aromatic rings. The van der Waals surface area contributed by atoms with E-state index in [-0.39, 0.29) is 5.12 Å². The van der Waals surface area contributed by atoms with Crippen LogP contribution in [0.1, 0.15) is 23.7 Å². The lowest BCUT2D eigenvalue weighted by Crippen LogP contribution is -2.04. The highest BCUT2D eigenvalue weighted by atomic mass is 32.1. The van der Waals surface area contributed by atoms with Crippen LogP contribution in [0.2, 0.25) is 0 Å². The summed E-state index contributed by atoms with van der Waals surface area (Å²) in [6, 6.07) is 7.39. The summed E-state index contributed by atoms with van der Waals surface area (Å²) in [6.07, 6.45) is 1.04. The second-order valence-electron chi connectivity index (χ2n) is 2.78. The number of benzene rings is 1. The number of carbonyl (C=O) groups is 1. The minimum atomic E-state index is -0.195. The van der Waals surface area contributed by atoms with Crippen LogP contribution in [0, 0.1) is 0 Å². The van der Waals surface area contributed by atoms with Gasteiger partial charge in [0.2, 0.25) is 5.12 Å². The first kappa shape index (κ1) is 10.1. The topological polar surface area (TPSA) is 29.1 Å². The van der Waals surface area contributed by atoms with Crippen LogP contribution in [0.3, 0.4) is 0 Å². The molecule has 0 radical (unpaired) electrons. The van der Waals surface area contributed by atoms with Gasteiger partial charge >= 0.3 is 0 Å². The molecule has 3 heteroatoms. The highest BCUT2D eigenvalue weighted by Gasteiger charge is 2.04. The molecule has 0 aliphatic rings. The van der Waals surface area contributed by atoms with E-state index in [0.29, 0.717) is 5.56 Å². The van der Waals surface area contributed by atoms with Crippen molar-refractivity contribution >= 4 is 23.4 Å². The summed E-state index contributed by atoms with van der Waals surface area (Å²) in [7, 11) is 0. The first-order valence-electron chi connectivity index (χ1n) is 4.32. The van der Waals surface area contributed by atoms with E-state index in [0.717, 1.165) is 18.7 Å². The van der Waals surface area contributed by atoms with Gasteiger partial charge in [0, 0.05) is 12.2 Å². The van der Waals surface area contributed by atoms with Gasteiger partial charge in [-0.2, -0.15) is 0 Å². The number of para-hydroxylation sites is 1. The fraction of sp³-hybridized carbons (Fsp3) is 0.300. The summed E-state index contributed by atoms with van der Waals surface area (Å²) >= 11 is 3.80. The van der Waals surface area contributed by atoms with Crippen LogP contribution in [0.4, 0.5) is 5.69 Å². The second kappa shape index (κ2) is 4.92. The van der Waals surface area contributed by atoms with Crippen LogP contribution in [-0.2, 0) is 0 Å². The van der Waals surface area contributed by atoms with Gasteiger partial charge < -0.3 is 5.32 Å². The van der Waals surface area contributed by atoms with Gasteiger partial charge in [-0.3, -0.25) is 4.79 Å². The first-order valence-corrected chi connectivity index (χ1v) is 4.76. The third-order valence-electron chi connectivity index (χ3n) is 1.72. The van der Waals surface area contributed by atoms with Crippen LogP contribution in [0.15, 0.2) is 24.3 Å². The van der Waals surface area contributed by atoms with Gasteiger partial charge in [0.05, 0.1) is 5.56 Å². The average molecular weight is 195 g/mol. The van der Waals surface area contributed by atoms with Gasteiger partial charge in [0.1, 0.15) is 0 Å². The maximum atomic E-state index is 11.1. The van der Waals surface area contributed by atoms with Crippen molar-refractivity contribution in [3.05, 3.63) is 29.8 Å². The van der Waals surface area contributed by atoms with E-state index in [4.69, 9.17) is 0 Å². The zero-order valence-corrected chi connectivity index (χ0v) is 8.47. The molecular formula is C10H13NOS. The molecule has 1 N–H and O–H groups in total. The first-order chi connectivity index (χ1) is 6.25. The minimum Gasteiger partial charge on any atom is -0.384 e. The van der Waals surface area contributed by atoms with Gasteiger partial charge in [-0.25, -0.2) is 0 Å². The summed E-state index contributed by atoms with van der Waals surface area (Å²) < 4.78 is 0. The van der Waals surface area contributed by atoms with E-state index in [2.05, 4.69) is 24.9 Å². The molecule has 0 spiro atoms. The zero-order chi connectivity index (χ0) is 9.68. The van der Waals surface area contributed by atoms with Crippen molar-refractivity contribution < 1.29 is 4.79 Å². The largest absolute Gasteiger partial charge is 0.384 e. The number of carbonyl (C=O) groups excluding carboxylic acids is 1. The Hall–Kier alpha value is -0.960. The minimum absolute atomic E-state index is 0.195. The molecule has 0 fully saturated rings. The number of nitrogens with one attached hydrogen (secondary N) is 1. The highest BCUT2D eigenvalue weighted by Crippen LogP contribution is 2.16. The number of thiol groups is 1. The fourth-order valence-electron chi connectivity index (χ4n) is 1.08. The fourth-order valence-corrected chi connectivity index (χ4v) is 1.28. The van der Waals surface area contributed by atoms with Crippen molar-refractivity contribution in [2.75, 3.05) is 11.9 Å². The quantitative estimate of drug-likeness (QED) is 0.723. The Balaban J connectivity index is 2.84. The van der Waals surface area contributed by atoms with Gasteiger partial charge in [-0.15, -0.1) is 12.6 Å². The van der Waals surface area contributed by atoms with Crippen LogP contribution < -0.4 is 5.32 Å². The third kappa shape index (κ3) is 2.77. The van der Waals surface area contributed by atoms with E-state index >= 15 is 0 Å². The molecule has 0 bridgehead atoms. The predicted octanol–water partition coefficient (Wildman–Crippen LogP) is 2.58. The van der Waals surface area contributed by atoms with E-state index in [1.165, 1.54) is 0 Å². The lowest BCUT2D eigenvalue weighted by atomic mass is 10.2.